The van der Waals surface area contributed by atoms with Crippen LogP contribution in [-0.2, 0) is 4.79 Å². The molecule has 3 rings (SSSR count). The van der Waals surface area contributed by atoms with Gasteiger partial charge in [0.15, 0.2) is 5.78 Å². The number of hydrogen-bond acceptors (Lipinski definition) is 4. The highest BCUT2D eigenvalue weighted by Crippen LogP contribution is 2.38. The fourth-order valence-corrected chi connectivity index (χ4v) is 5.53. The predicted molar refractivity (Wildman–Crippen MR) is 135 cm³/mol. The van der Waals surface area contributed by atoms with E-state index in [1.54, 1.807) is 13.0 Å². The number of carbonyl (C=O) groups is 2. The first kappa shape index (κ1) is 24.3. The second kappa shape index (κ2) is 11.0. The van der Waals surface area contributed by atoms with Crippen molar-refractivity contribution in [2.75, 3.05) is 0 Å². The summed E-state index contributed by atoms with van der Waals surface area (Å²) in [5.41, 5.74) is 3.83. The molecule has 0 bridgehead atoms. The summed E-state index contributed by atoms with van der Waals surface area (Å²) < 4.78 is 0. The molecule has 0 spiro atoms. The van der Waals surface area contributed by atoms with E-state index < -0.39 is 0 Å². The number of benzene rings is 1. The molecule has 6 heteroatoms. The van der Waals surface area contributed by atoms with Gasteiger partial charge in [-0.15, -0.1) is 11.3 Å². The molecule has 4 nitrogen and oxygen atoms in total. The van der Waals surface area contributed by atoms with Crippen molar-refractivity contribution in [3.63, 3.8) is 0 Å². The van der Waals surface area contributed by atoms with E-state index in [9.17, 15) is 9.59 Å². The van der Waals surface area contributed by atoms with Gasteiger partial charge in [-0.3, -0.25) is 9.59 Å². The topological polar surface area (TPSA) is 58.2 Å². The number of rotatable bonds is 8. The molecular formula is C26H31ClN2O2S. The summed E-state index contributed by atoms with van der Waals surface area (Å²) in [6, 6.07) is 7.93. The van der Waals surface area contributed by atoms with Gasteiger partial charge in [-0.2, -0.15) is 0 Å². The summed E-state index contributed by atoms with van der Waals surface area (Å²) in [6.45, 7) is 9.59. The molecule has 1 heterocycles. The molecule has 170 valence electrons. The molecule has 1 fully saturated rings. The van der Waals surface area contributed by atoms with Gasteiger partial charge >= 0.3 is 0 Å². The summed E-state index contributed by atoms with van der Waals surface area (Å²) in [7, 11) is 0. The molecule has 2 atom stereocenters. The fourth-order valence-electron chi connectivity index (χ4n) is 4.32. The number of ketones is 1. The largest absolute Gasteiger partial charge is 0.385 e. The number of carbonyl (C=O) groups excluding carboxylic acids is 2. The SMILES string of the molecule is C=Cc1c(C)sc(C(=O)NC2CCCC(N/C(=C/C(C)=O)CC)C2)c1-c1ccc(Cl)cc1. The Bertz CT molecular complexity index is 1020. The summed E-state index contributed by atoms with van der Waals surface area (Å²) in [5, 5.41) is 7.44. The third-order valence-corrected chi connectivity index (χ3v) is 7.20. The Morgan fingerprint density at radius 1 is 1.19 bits per heavy atom. The minimum atomic E-state index is -0.0446. The lowest BCUT2D eigenvalue weighted by Gasteiger charge is -2.31. The van der Waals surface area contributed by atoms with E-state index in [1.165, 1.54) is 11.3 Å². The van der Waals surface area contributed by atoms with Crippen LogP contribution < -0.4 is 10.6 Å². The Hall–Kier alpha value is -2.37. The van der Waals surface area contributed by atoms with E-state index in [2.05, 4.69) is 17.2 Å². The molecule has 32 heavy (non-hydrogen) atoms. The number of aryl methyl sites for hydroxylation is 1. The molecule has 0 aliphatic heterocycles. The van der Waals surface area contributed by atoms with E-state index in [1.807, 2.05) is 44.2 Å². The number of amides is 1. The van der Waals surface area contributed by atoms with E-state index >= 15 is 0 Å². The smallest absolute Gasteiger partial charge is 0.262 e. The molecule has 1 aromatic carbocycles. The van der Waals surface area contributed by atoms with Crippen LogP contribution in [-0.4, -0.2) is 23.8 Å². The van der Waals surface area contributed by atoms with E-state index in [0.717, 1.165) is 59.4 Å². The highest BCUT2D eigenvalue weighted by molar-refractivity contribution is 7.14. The molecule has 2 aromatic rings. The third kappa shape index (κ3) is 5.90. The highest BCUT2D eigenvalue weighted by atomic mass is 35.5. The lowest BCUT2D eigenvalue weighted by molar-refractivity contribution is -0.112. The quantitative estimate of drug-likeness (QED) is 0.431. The van der Waals surface area contributed by atoms with Crippen LogP contribution in [0.1, 0.15) is 66.1 Å². The second-order valence-corrected chi connectivity index (χ2v) is 9.96. The maximum atomic E-state index is 13.3. The molecule has 1 saturated carbocycles. The Morgan fingerprint density at radius 2 is 1.84 bits per heavy atom. The lowest BCUT2D eigenvalue weighted by Crippen LogP contribution is -2.43. The predicted octanol–water partition coefficient (Wildman–Crippen LogP) is 6.53. The van der Waals surface area contributed by atoms with Crippen LogP contribution in [0.25, 0.3) is 17.2 Å². The first-order chi connectivity index (χ1) is 15.3. The molecule has 1 aliphatic carbocycles. The Morgan fingerprint density at radius 3 is 2.44 bits per heavy atom. The Kier molecular flexibility index (Phi) is 8.32. The van der Waals surface area contributed by atoms with Crippen molar-refractivity contribution in [1.82, 2.24) is 10.6 Å². The van der Waals surface area contributed by atoms with E-state index in [4.69, 9.17) is 11.6 Å². The van der Waals surface area contributed by atoms with Gasteiger partial charge in [0, 0.05) is 33.2 Å². The van der Waals surface area contributed by atoms with Crippen LogP contribution in [0.5, 0.6) is 0 Å². The summed E-state index contributed by atoms with van der Waals surface area (Å²) in [5.74, 6) is 0.00706. The van der Waals surface area contributed by atoms with Crippen molar-refractivity contribution in [2.24, 2.45) is 0 Å². The normalized spacial score (nSPS) is 18.8. The number of allylic oxidation sites excluding steroid dienone is 2. The van der Waals surface area contributed by atoms with Gasteiger partial charge < -0.3 is 10.6 Å². The maximum absolute atomic E-state index is 13.3. The molecule has 1 aromatic heterocycles. The third-order valence-electron chi connectivity index (χ3n) is 5.83. The number of hydrogen-bond donors (Lipinski definition) is 2. The van der Waals surface area contributed by atoms with E-state index in [0.29, 0.717) is 9.90 Å². The minimum absolute atomic E-state index is 0.0446. The maximum Gasteiger partial charge on any atom is 0.262 e. The lowest BCUT2D eigenvalue weighted by atomic mass is 9.90. The summed E-state index contributed by atoms with van der Waals surface area (Å²) in [6.07, 6.45) is 8.15. The van der Waals surface area contributed by atoms with Crippen LogP contribution >= 0.6 is 22.9 Å². The number of thiophene rings is 1. The average Bonchev–Trinajstić information content (AvgIpc) is 3.10. The zero-order valence-corrected chi connectivity index (χ0v) is 20.5. The number of nitrogens with one attached hydrogen (secondary N) is 2. The Labute approximate surface area is 199 Å². The highest BCUT2D eigenvalue weighted by Gasteiger charge is 2.27. The number of halogens is 1. The van der Waals surface area contributed by atoms with Crippen LogP contribution in [0, 0.1) is 6.92 Å². The van der Waals surface area contributed by atoms with Crippen LogP contribution in [0.2, 0.25) is 5.02 Å². The first-order valence-electron chi connectivity index (χ1n) is 11.1. The van der Waals surface area contributed by atoms with E-state index in [-0.39, 0.29) is 23.8 Å². The van der Waals surface area contributed by atoms with Gasteiger partial charge in [-0.25, -0.2) is 0 Å². The van der Waals surface area contributed by atoms with Gasteiger partial charge in [0.25, 0.3) is 5.91 Å². The standard InChI is InChI=1S/C26H31ClN2O2S/c1-5-20(14-16(3)30)28-21-8-7-9-22(15-21)29-26(31)25-24(23(6-2)17(4)32-25)18-10-12-19(27)13-11-18/h6,10-14,21-22,28H,2,5,7-9,15H2,1,3-4H3,(H,29,31)/b20-14+. The average molecular weight is 471 g/mol. The van der Waals surface area contributed by atoms with Crippen molar-refractivity contribution in [3.8, 4) is 11.1 Å². The molecule has 0 radical (unpaired) electrons. The van der Waals surface area contributed by atoms with Gasteiger partial charge in [0.1, 0.15) is 4.88 Å². The summed E-state index contributed by atoms with van der Waals surface area (Å²) >= 11 is 7.58. The van der Waals surface area contributed by atoms with Crippen LogP contribution in [0.4, 0.5) is 0 Å². The zero-order valence-electron chi connectivity index (χ0n) is 19.0. The first-order valence-corrected chi connectivity index (χ1v) is 12.3. The van der Waals surface area contributed by atoms with Crippen molar-refractivity contribution < 1.29 is 9.59 Å². The molecular weight excluding hydrogens is 440 g/mol. The van der Waals surface area contributed by atoms with Crippen LogP contribution in [0.3, 0.4) is 0 Å². The van der Waals surface area contributed by atoms with Crippen molar-refractivity contribution in [3.05, 3.63) is 63.0 Å². The van der Waals surface area contributed by atoms with Gasteiger partial charge in [-0.1, -0.05) is 43.3 Å². The Balaban J connectivity index is 1.78. The molecule has 1 aliphatic rings. The van der Waals surface area contributed by atoms with Crippen molar-refractivity contribution in [1.29, 1.82) is 0 Å². The molecule has 2 N–H and O–H groups in total. The fraction of sp³-hybridized carbons (Fsp3) is 0.385. The molecule has 1 amide bonds. The second-order valence-electron chi connectivity index (χ2n) is 8.30. The van der Waals surface area contributed by atoms with Crippen LogP contribution in [0.15, 0.2) is 42.6 Å². The summed E-state index contributed by atoms with van der Waals surface area (Å²) in [4.78, 5) is 26.6. The van der Waals surface area contributed by atoms with Crippen molar-refractivity contribution >= 4 is 40.7 Å². The monoisotopic (exact) mass is 470 g/mol. The zero-order chi connectivity index (χ0) is 23.3. The van der Waals surface area contributed by atoms with Crippen molar-refractivity contribution in [2.45, 2.75) is 65.0 Å². The molecule has 0 saturated heterocycles. The molecule has 2 unspecified atom stereocenters. The van der Waals surface area contributed by atoms with Gasteiger partial charge in [0.05, 0.1) is 0 Å². The minimum Gasteiger partial charge on any atom is -0.385 e. The van der Waals surface area contributed by atoms with Gasteiger partial charge in [-0.05, 0) is 75.3 Å². The van der Waals surface area contributed by atoms with Gasteiger partial charge in [0.2, 0.25) is 0 Å².